The number of nitrogens with one attached hydrogen (secondary N) is 1. The molecular weight excluding hydrogens is 222 g/mol. The van der Waals surface area contributed by atoms with E-state index in [2.05, 4.69) is 36.5 Å². The lowest BCUT2D eigenvalue weighted by molar-refractivity contribution is 0.305. The lowest BCUT2D eigenvalue weighted by Crippen LogP contribution is -2.25. The summed E-state index contributed by atoms with van der Waals surface area (Å²) in [4.78, 5) is 0. The standard InChI is InChI=1S/C16H23NO/c1-2-17-14-8-7-12(10-14)9-13-11-18-16-6-4-3-5-15(13)16/h3-6,12-14,17H,2,7-11H2,1H3. The van der Waals surface area contributed by atoms with Crippen LogP contribution in [0.25, 0.3) is 0 Å². The quantitative estimate of drug-likeness (QED) is 0.878. The van der Waals surface area contributed by atoms with Gasteiger partial charge in [-0.3, -0.25) is 0 Å². The van der Waals surface area contributed by atoms with Gasteiger partial charge in [-0.05, 0) is 44.2 Å². The van der Waals surface area contributed by atoms with E-state index in [1.54, 1.807) is 0 Å². The number of para-hydroxylation sites is 1. The van der Waals surface area contributed by atoms with Crippen LogP contribution in [0.5, 0.6) is 5.75 Å². The molecule has 3 rings (SSSR count). The summed E-state index contributed by atoms with van der Waals surface area (Å²) in [5.74, 6) is 2.63. The van der Waals surface area contributed by atoms with Crippen LogP contribution in [0.1, 0.15) is 44.1 Å². The largest absolute Gasteiger partial charge is 0.493 e. The molecule has 2 nitrogen and oxygen atoms in total. The Balaban J connectivity index is 1.59. The van der Waals surface area contributed by atoms with Gasteiger partial charge >= 0.3 is 0 Å². The molecule has 1 aromatic rings. The van der Waals surface area contributed by atoms with E-state index in [0.717, 1.165) is 30.9 Å². The van der Waals surface area contributed by atoms with Gasteiger partial charge in [0.05, 0.1) is 6.61 Å². The third-order valence-electron chi connectivity index (χ3n) is 4.45. The smallest absolute Gasteiger partial charge is 0.122 e. The highest BCUT2D eigenvalue weighted by Crippen LogP contribution is 2.40. The molecule has 1 aromatic carbocycles. The Bertz CT molecular complexity index is 404. The predicted molar refractivity (Wildman–Crippen MR) is 74.1 cm³/mol. The van der Waals surface area contributed by atoms with E-state index < -0.39 is 0 Å². The molecule has 0 bridgehead atoms. The van der Waals surface area contributed by atoms with Crippen molar-refractivity contribution in [2.75, 3.05) is 13.2 Å². The fourth-order valence-electron chi connectivity index (χ4n) is 3.59. The highest BCUT2D eigenvalue weighted by molar-refractivity contribution is 5.39. The van der Waals surface area contributed by atoms with Crippen LogP contribution in [0, 0.1) is 5.92 Å². The molecule has 1 aliphatic carbocycles. The molecule has 1 saturated carbocycles. The van der Waals surface area contributed by atoms with E-state index in [0.29, 0.717) is 5.92 Å². The lowest BCUT2D eigenvalue weighted by Gasteiger charge is -2.15. The van der Waals surface area contributed by atoms with Crippen molar-refractivity contribution < 1.29 is 4.74 Å². The lowest BCUT2D eigenvalue weighted by atomic mass is 9.89. The first-order chi connectivity index (χ1) is 8.86. The molecule has 3 atom stereocenters. The van der Waals surface area contributed by atoms with E-state index in [9.17, 15) is 0 Å². The second-order valence-corrected chi connectivity index (χ2v) is 5.72. The van der Waals surface area contributed by atoms with Crippen LogP contribution in [0.15, 0.2) is 24.3 Å². The summed E-state index contributed by atoms with van der Waals surface area (Å²) in [6.07, 6.45) is 5.40. The molecule has 18 heavy (non-hydrogen) atoms. The highest BCUT2D eigenvalue weighted by atomic mass is 16.5. The van der Waals surface area contributed by atoms with Gasteiger partial charge in [0.1, 0.15) is 5.75 Å². The van der Waals surface area contributed by atoms with Gasteiger partial charge in [0, 0.05) is 17.5 Å². The van der Waals surface area contributed by atoms with E-state index in [-0.39, 0.29) is 0 Å². The molecule has 1 fully saturated rings. The summed E-state index contributed by atoms with van der Waals surface area (Å²) in [6, 6.07) is 9.31. The summed E-state index contributed by atoms with van der Waals surface area (Å²) in [6.45, 7) is 4.20. The fourth-order valence-corrected chi connectivity index (χ4v) is 3.59. The van der Waals surface area contributed by atoms with Gasteiger partial charge in [-0.1, -0.05) is 25.1 Å². The maximum absolute atomic E-state index is 5.78. The summed E-state index contributed by atoms with van der Waals surface area (Å²) in [5, 5.41) is 3.59. The Labute approximate surface area is 110 Å². The van der Waals surface area contributed by atoms with Crippen molar-refractivity contribution in [3.8, 4) is 5.75 Å². The highest BCUT2D eigenvalue weighted by Gasteiger charge is 2.30. The minimum atomic E-state index is 0.631. The number of ether oxygens (including phenoxy) is 1. The number of rotatable bonds is 4. The van der Waals surface area contributed by atoms with E-state index >= 15 is 0 Å². The van der Waals surface area contributed by atoms with Gasteiger partial charge in [-0.2, -0.15) is 0 Å². The number of benzene rings is 1. The van der Waals surface area contributed by atoms with Gasteiger partial charge in [0.15, 0.2) is 0 Å². The topological polar surface area (TPSA) is 21.3 Å². The van der Waals surface area contributed by atoms with Gasteiger partial charge in [-0.25, -0.2) is 0 Å². The van der Waals surface area contributed by atoms with Gasteiger partial charge in [-0.15, -0.1) is 0 Å². The zero-order valence-electron chi connectivity index (χ0n) is 11.2. The average molecular weight is 245 g/mol. The summed E-state index contributed by atoms with van der Waals surface area (Å²) < 4.78 is 5.78. The fraction of sp³-hybridized carbons (Fsp3) is 0.625. The molecule has 3 unspecified atom stereocenters. The number of fused-ring (bicyclic) bond motifs is 1. The molecule has 1 heterocycles. The maximum Gasteiger partial charge on any atom is 0.122 e. The third kappa shape index (κ3) is 2.39. The number of hydrogen-bond acceptors (Lipinski definition) is 2. The molecule has 98 valence electrons. The maximum atomic E-state index is 5.78. The van der Waals surface area contributed by atoms with Crippen LogP contribution in [0.4, 0.5) is 0 Å². The minimum Gasteiger partial charge on any atom is -0.493 e. The number of hydrogen-bond donors (Lipinski definition) is 1. The van der Waals surface area contributed by atoms with Crippen LogP contribution in [0.2, 0.25) is 0 Å². The van der Waals surface area contributed by atoms with Crippen molar-refractivity contribution in [2.45, 2.75) is 44.6 Å². The first-order valence-electron chi connectivity index (χ1n) is 7.32. The van der Waals surface area contributed by atoms with Gasteiger partial charge < -0.3 is 10.1 Å². The molecule has 0 amide bonds. The molecule has 1 aliphatic heterocycles. The van der Waals surface area contributed by atoms with Crippen LogP contribution < -0.4 is 10.1 Å². The SMILES string of the molecule is CCNC1CCC(CC2COc3ccccc32)C1. The Morgan fingerprint density at radius 1 is 1.28 bits per heavy atom. The second kappa shape index (κ2) is 5.31. The van der Waals surface area contributed by atoms with Crippen LogP contribution >= 0.6 is 0 Å². The molecule has 2 heteroatoms. The van der Waals surface area contributed by atoms with Crippen molar-refractivity contribution in [3.05, 3.63) is 29.8 Å². The molecule has 2 aliphatic rings. The van der Waals surface area contributed by atoms with Crippen LogP contribution in [-0.2, 0) is 0 Å². The first-order valence-corrected chi connectivity index (χ1v) is 7.32. The Hall–Kier alpha value is -1.02. The van der Waals surface area contributed by atoms with Crippen LogP contribution in [-0.4, -0.2) is 19.2 Å². The summed E-state index contributed by atoms with van der Waals surface area (Å²) in [5.41, 5.74) is 1.43. The van der Waals surface area contributed by atoms with E-state index in [1.165, 1.54) is 31.2 Å². The molecule has 1 N–H and O–H groups in total. The Morgan fingerprint density at radius 3 is 3.06 bits per heavy atom. The van der Waals surface area contributed by atoms with Gasteiger partial charge in [0.25, 0.3) is 0 Å². The van der Waals surface area contributed by atoms with E-state index in [4.69, 9.17) is 4.74 Å². The van der Waals surface area contributed by atoms with Crippen molar-refractivity contribution >= 4 is 0 Å². The Kier molecular flexibility index (Phi) is 3.55. The average Bonchev–Trinajstić information content (AvgIpc) is 2.99. The van der Waals surface area contributed by atoms with E-state index in [1.807, 2.05) is 0 Å². The van der Waals surface area contributed by atoms with Crippen LogP contribution in [0.3, 0.4) is 0 Å². The summed E-state index contributed by atoms with van der Waals surface area (Å²) >= 11 is 0. The van der Waals surface area contributed by atoms with Crippen molar-refractivity contribution in [3.63, 3.8) is 0 Å². The monoisotopic (exact) mass is 245 g/mol. The second-order valence-electron chi connectivity index (χ2n) is 5.72. The van der Waals surface area contributed by atoms with Crippen molar-refractivity contribution in [2.24, 2.45) is 5.92 Å². The first kappa shape index (κ1) is 12.0. The zero-order chi connectivity index (χ0) is 12.4. The van der Waals surface area contributed by atoms with Crippen molar-refractivity contribution in [1.29, 1.82) is 0 Å². The molecule has 0 radical (unpaired) electrons. The minimum absolute atomic E-state index is 0.631. The molecule has 0 saturated heterocycles. The zero-order valence-corrected chi connectivity index (χ0v) is 11.2. The van der Waals surface area contributed by atoms with Crippen molar-refractivity contribution in [1.82, 2.24) is 5.32 Å². The molecule has 0 aromatic heterocycles. The Morgan fingerprint density at radius 2 is 2.17 bits per heavy atom. The van der Waals surface area contributed by atoms with Gasteiger partial charge in [0.2, 0.25) is 0 Å². The normalized spacial score (nSPS) is 30.2. The predicted octanol–water partition coefficient (Wildman–Crippen LogP) is 3.33. The molecule has 0 spiro atoms. The third-order valence-corrected chi connectivity index (χ3v) is 4.45. The molecular formula is C16H23NO. The summed E-state index contributed by atoms with van der Waals surface area (Å²) in [7, 11) is 0.